The van der Waals surface area contributed by atoms with Gasteiger partial charge in [-0.05, 0) is 12.8 Å². The summed E-state index contributed by atoms with van der Waals surface area (Å²) in [5.74, 6) is 1.66. The van der Waals surface area contributed by atoms with Crippen LogP contribution in [0.1, 0.15) is 30.3 Å². The van der Waals surface area contributed by atoms with Crippen LogP contribution in [-0.4, -0.2) is 9.97 Å². The quantitative estimate of drug-likeness (QED) is 0.631. The second-order valence-corrected chi connectivity index (χ2v) is 2.76. The van der Waals surface area contributed by atoms with E-state index in [2.05, 4.69) is 9.97 Å². The maximum atomic E-state index is 5.39. The highest BCUT2D eigenvalue weighted by Gasteiger charge is 2.24. The Morgan fingerprint density at radius 3 is 3.00 bits per heavy atom. The molecule has 1 saturated carbocycles. The molecule has 1 heterocycles. The van der Waals surface area contributed by atoms with E-state index in [1.807, 2.05) is 6.20 Å². The molecule has 0 atom stereocenters. The van der Waals surface area contributed by atoms with Crippen molar-refractivity contribution in [1.82, 2.24) is 9.97 Å². The Hall–Kier alpha value is -0.830. The molecule has 1 aromatic heterocycles. The zero-order valence-electron chi connectivity index (χ0n) is 5.80. The van der Waals surface area contributed by atoms with E-state index in [-0.39, 0.29) is 0 Å². The number of aromatic nitrogens is 2. The maximum Gasteiger partial charge on any atom is 0.120 e. The average Bonchev–Trinajstić information content (AvgIpc) is 2.70. The molecule has 0 unspecified atom stereocenters. The Kier molecular flexibility index (Phi) is 1.24. The fourth-order valence-electron chi connectivity index (χ4n) is 1.08. The summed E-state index contributed by atoms with van der Waals surface area (Å²) in [4.78, 5) is 7.30. The van der Waals surface area contributed by atoms with Crippen LogP contribution in [-0.2, 0) is 6.54 Å². The van der Waals surface area contributed by atoms with Crippen molar-refractivity contribution in [3.63, 3.8) is 0 Å². The van der Waals surface area contributed by atoms with E-state index < -0.39 is 0 Å². The van der Waals surface area contributed by atoms with Gasteiger partial charge in [-0.2, -0.15) is 0 Å². The Labute approximate surface area is 59.7 Å². The molecule has 1 aliphatic carbocycles. The molecular weight excluding hydrogens is 126 g/mol. The highest BCUT2D eigenvalue weighted by molar-refractivity contribution is 5.12. The fourth-order valence-corrected chi connectivity index (χ4v) is 1.08. The van der Waals surface area contributed by atoms with E-state index in [1.165, 1.54) is 18.5 Å². The first-order chi connectivity index (χ1) is 4.90. The third-order valence-corrected chi connectivity index (χ3v) is 1.86. The van der Waals surface area contributed by atoms with Crippen molar-refractivity contribution in [3.05, 3.63) is 17.7 Å². The molecule has 0 spiro atoms. The van der Waals surface area contributed by atoms with Crippen molar-refractivity contribution >= 4 is 0 Å². The van der Waals surface area contributed by atoms with Crippen molar-refractivity contribution < 1.29 is 0 Å². The van der Waals surface area contributed by atoms with Gasteiger partial charge in [0.1, 0.15) is 5.82 Å². The predicted molar refractivity (Wildman–Crippen MR) is 38.5 cm³/mol. The number of nitrogens with two attached hydrogens (primary N) is 1. The normalized spacial score (nSPS) is 17.7. The van der Waals surface area contributed by atoms with Crippen LogP contribution in [0.4, 0.5) is 0 Å². The van der Waals surface area contributed by atoms with Gasteiger partial charge in [-0.3, -0.25) is 0 Å². The van der Waals surface area contributed by atoms with Gasteiger partial charge in [0.2, 0.25) is 0 Å². The van der Waals surface area contributed by atoms with Crippen LogP contribution in [0.5, 0.6) is 0 Å². The highest BCUT2D eigenvalue weighted by Crippen LogP contribution is 2.38. The summed E-state index contributed by atoms with van der Waals surface area (Å²) in [6, 6.07) is 0. The minimum Gasteiger partial charge on any atom is -0.345 e. The smallest absolute Gasteiger partial charge is 0.120 e. The van der Waals surface area contributed by atoms with E-state index in [1.54, 1.807) is 0 Å². The van der Waals surface area contributed by atoms with E-state index in [0.29, 0.717) is 6.54 Å². The van der Waals surface area contributed by atoms with E-state index in [4.69, 9.17) is 5.73 Å². The number of rotatable bonds is 2. The topological polar surface area (TPSA) is 54.7 Å². The van der Waals surface area contributed by atoms with Crippen LogP contribution in [0.25, 0.3) is 0 Å². The van der Waals surface area contributed by atoms with Crippen LogP contribution in [0, 0.1) is 0 Å². The fraction of sp³-hybridized carbons (Fsp3) is 0.571. The van der Waals surface area contributed by atoms with Gasteiger partial charge >= 0.3 is 0 Å². The summed E-state index contributed by atoms with van der Waals surface area (Å²) < 4.78 is 0. The van der Waals surface area contributed by atoms with Crippen LogP contribution in [0.15, 0.2) is 6.20 Å². The van der Waals surface area contributed by atoms with Gasteiger partial charge in [0.15, 0.2) is 0 Å². The molecule has 54 valence electrons. The first-order valence-corrected chi connectivity index (χ1v) is 3.64. The summed E-state index contributed by atoms with van der Waals surface area (Å²) in [6.07, 6.45) is 4.53. The minimum absolute atomic E-state index is 0.521. The molecular formula is C7H11N3. The molecule has 0 aliphatic heterocycles. The van der Waals surface area contributed by atoms with E-state index >= 15 is 0 Å². The number of hydrogen-bond acceptors (Lipinski definition) is 2. The van der Waals surface area contributed by atoms with Crippen LogP contribution >= 0.6 is 0 Å². The van der Waals surface area contributed by atoms with Crippen LogP contribution < -0.4 is 5.73 Å². The van der Waals surface area contributed by atoms with E-state index in [0.717, 1.165) is 11.7 Å². The van der Waals surface area contributed by atoms with Gasteiger partial charge in [-0.1, -0.05) is 0 Å². The molecule has 3 nitrogen and oxygen atoms in total. The lowest BCUT2D eigenvalue weighted by Gasteiger charge is -1.87. The van der Waals surface area contributed by atoms with Crippen molar-refractivity contribution in [2.75, 3.05) is 0 Å². The lowest BCUT2D eigenvalue weighted by Crippen LogP contribution is -1.97. The molecule has 1 fully saturated rings. The van der Waals surface area contributed by atoms with Gasteiger partial charge in [0.05, 0.1) is 6.54 Å². The third-order valence-electron chi connectivity index (χ3n) is 1.86. The average molecular weight is 137 g/mol. The van der Waals surface area contributed by atoms with Gasteiger partial charge in [-0.25, -0.2) is 4.98 Å². The molecule has 0 aromatic carbocycles. The Morgan fingerprint density at radius 1 is 1.70 bits per heavy atom. The molecule has 3 heteroatoms. The lowest BCUT2D eigenvalue weighted by molar-refractivity contribution is 0.929. The maximum absolute atomic E-state index is 5.39. The van der Waals surface area contributed by atoms with Gasteiger partial charge < -0.3 is 10.7 Å². The van der Waals surface area contributed by atoms with Gasteiger partial charge in [0.25, 0.3) is 0 Å². The molecule has 10 heavy (non-hydrogen) atoms. The van der Waals surface area contributed by atoms with Crippen LogP contribution in [0.2, 0.25) is 0 Å². The van der Waals surface area contributed by atoms with Crippen molar-refractivity contribution in [3.8, 4) is 0 Å². The summed E-state index contributed by atoms with van der Waals surface area (Å²) in [5, 5.41) is 0. The summed E-state index contributed by atoms with van der Waals surface area (Å²) in [7, 11) is 0. The van der Waals surface area contributed by atoms with Gasteiger partial charge in [-0.15, -0.1) is 0 Å². The zero-order chi connectivity index (χ0) is 6.97. The monoisotopic (exact) mass is 137 g/mol. The molecule has 1 aliphatic rings. The second-order valence-electron chi connectivity index (χ2n) is 2.76. The molecule has 1 aromatic rings. The Balaban J connectivity index is 2.19. The van der Waals surface area contributed by atoms with Crippen molar-refractivity contribution in [2.45, 2.75) is 25.3 Å². The summed E-state index contributed by atoms with van der Waals surface area (Å²) in [5.41, 5.74) is 6.65. The number of nitrogens with one attached hydrogen (secondary N) is 1. The molecule has 0 bridgehead atoms. The Morgan fingerprint density at radius 2 is 2.50 bits per heavy atom. The summed E-state index contributed by atoms with van der Waals surface area (Å²) in [6.45, 7) is 0.521. The first kappa shape index (κ1) is 5.92. The number of hydrogen-bond donors (Lipinski definition) is 2. The Bertz CT molecular complexity index is 225. The van der Waals surface area contributed by atoms with E-state index in [9.17, 15) is 0 Å². The lowest BCUT2D eigenvalue weighted by atomic mass is 10.3. The molecule has 0 amide bonds. The third kappa shape index (κ3) is 0.926. The standard InChI is InChI=1S/C7H11N3/c8-3-7-9-4-6(10-7)5-1-2-5/h4-5H,1-3,8H2,(H,9,10). The zero-order valence-corrected chi connectivity index (χ0v) is 5.80. The van der Waals surface area contributed by atoms with Crippen LogP contribution in [0.3, 0.4) is 0 Å². The molecule has 0 saturated heterocycles. The number of H-pyrrole nitrogens is 1. The summed E-state index contributed by atoms with van der Waals surface area (Å²) >= 11 is 0. The SMILES string of the molecule is NCc1ncc(C2CC2)[nH]1. The molecule has 3 N–H and O–H groups in total. The second kappa shape index (κ2) is 2.09. The first-order valence-electron chi connectivity index (χ1n) is 3.64. The van der Waals surface area contributed by atoms with Crippen molar-refractivity contribution in [2.24, 2.45) is 5.73 Å². The number of aromatic amines is 1. The molecule has 2 rings (SSSR count). The number of nitrogens with zero attached hydrogens (tertiary/aromatic N) is 1. The largest absolute Gasteiger partial charge is 0.345 e. The van der Waals surface area contributed by atoms with Crippen molar-refractivity contribution in [1.29, 1.82) is 0 Å². The minimum atomic E-state index is 0.521. The van der Waals surface area contributed by atoms with Gasteiger partial charge in [0, 0.05) is 17.8 Å². The molecule has 0 radical (unpaired) electrons. The highest BCUT2D eigenvalue weighted by atomic mass is 14.9. The predicted octanol–water partition coefficient (Wildman–Crippen LogP) is 0.746. The number of imidazole rings is 1.